The molecule has 0 bridgehead atoms. The van der Waals surface area contributed by atoms with Crippen molar-refractivity contribution in [1.29, 1.82) is 0 Å². The second-order valence-electron chi connectivity index (χ2n) is 6.62. The third kappa shape index (κ3) is 5.09. The van der Waals surface area contributed by atoms with Crippen LogP contribution in [0.25, 0.3) is 0 Å². The molecule has 1 saturated carbocycles. The van der Waals surface area contributed by atoms with Gasteiger partial charge in [0.1, 0.15) is 0 Å². The maximum atomic E-state index is 12.2. The van der Waals surface area contributed by atoms with Gasteiger partial charge in [0.25, 0.3) is 0 Å². The molecule has 2 N–H and O–H groups in total. The van der Waals surface area contributed by atoms with E-state index < -0.39 is 10.0 Å². The van der Waals surface area contributed by atoms with Crippen LogP contribution in [-0.4, -0.2) is 21.0 Å². The minimum absolute atomic E-state index is 0.0567. The highest BCUT2D eigenvalue weighted by atomic mass is 32.2. The summed E-state index contributed by atoms with van der Waals surface area (Å²) in [5, 5.41) is 3.33. The van der Waals surface area contributed by atoms with Crippen molar-refractivity contribution in [1.82, 2.24) is 10.0 Å². The Bertz CT molecular complexity index is 582. The minimum atomic E-state index is -3.25. The van der Waals surface area contributed by atoms with Crippen LogP contribution in [0.3, 0.4) is 0 Å². The number of nitrogens with one attached hydrogen (secondary N) is 2. The molecular weight excluding hydrogens is 284 g/mol. The van der Waals surface area contributed by atoms with E-state index in [0.29, 0.717) is 0 Å². The molecule has 1 aliphatic carbocycles. The quantitative estimate of drug-likeness (QED) is 0.725. The largest absolute Gasteiger partial charge is 0.313 e. The van der Waals surface area contributed by atoms with E-state index in [1.54, 1.807) is 0 Å². The highest BCUT2D eigenvalue weighted by Crippen LogP contribution is 2.45. The molecule has 1 unspecified atom stereocenters. The Morgan fingerprint density at radius 1 is 1.29 bits per heavy atom. The summed E-state index contributed by atoms with van der Waals surface area (Å²) in [6, 6.07) is 7.89. The minimum Gasteiger partial charge on any atom is -0.313 e. The number of benzene rings is 1. The Labute approximate surface area is 128 Å². The summed E-state index contributed by atoms with van der Waals surface area (Å²) in [6.45, 7) is 8.05. The van der Waals surface area contributed by atoms with Gasteiger partial charge in [-0.25, -0.2) is 13.1 Å². The number of hydrogen-bond donors (Lipinski definition) is 2. The van der Waals surface area contributed by atoms with Crippen molar-refractivity contribution in [3.63, 3.8) is 0 Å². The molecule has 1 aromatic rings. The van der Waals surface area contributed by atoms with Crippen molar-refractivity contribution in [2.45, 2.75) is 52.0 Å². The van der Waals surface area contributed by atoms with Crippen LogP contribution in [0.1, 0.15) is 44.7 Å². The Hall–Kier alpha value is -0.910. The van der Waals surface area contributed by atoms with Gasteiger partial charge in [-0.3, -0.25) is 0 Å². The predicted octanol–water partition coefficient (Wildman–Crippen LogP) is 2.40. The van der Waals surface area contributed by atoms with Gasteiger partial charge in [0, 0.05) is 12.6 Å². The van der Waals surface area contributed by atoms with Gasteiger partial charge in [-0.05, 0) is 35.9 Å². The first-order chi connectivity index (χ1) is 9.82. The number of rotatable bonds is 8. The van der Waals surface area contributed by atoms with Crippen molar-refractivity contribution in [2.24, 2.45) is 5.41 Å². The lowest BCUT2D eigenvalue weighted by Gasteiger charge is -2.10. The van der Waals surface area contributed by atoms with E-state index >= 15 is 0 Å². The number of hydrogen-bond acceptors (Lipinski definition) is 3. The predicted molar refractivity (Wildman–Crippen MR) is 86.4 cm³/mol. The Balaban J connectivity index is 1.94. The van der Waals surface area contributed by atoms with Crippen LogP contribution in [0, 0.1) is 5.41 Å². The average molecular weight is 310 g/mol. The molecule has 1 fully saturated rings. The van der Waals surface area contributed by atoms with E-state index in [1.807, 2.05) is 24.3 Å². The highest BCUT2D eigenvalue weighted by Gasteiger charge is 2.47. The lowest BCUT2D eigenvalue weighted by atomic mass is 10.1. The molecule has 4 nitrogen and oxygen atoms in total. The lowest BCUT2D eigenvalue weighted by molar-refractivity contribution is 0.554. The molecule has 0 spiro atoms. The van der Waals surface area contributed by atoms with Gasteiger partial charge in [-0.2, -0.15) is 0 Å². The Morgan fingerprint density at radius 2 is 1.95 bits per heavy atom. The fourth-order valence-corrected chi connectivity index (χ4v) is 3.92. The van der Waals surface area contributed by atoms with Crippen molar-refractivity contribution in [3.05, 3.63) is 35.4 Å². The molecule has 0 heterocycles. The first kappa shape index (κ1) is 16.5. The first-order valence-corrected chi connectivity index (χ1v) is 9.26. The maximum absolute atomic E-state index is 12.2. The molecule has 0 aliphatic heterocycles. The summed E-state index contributed by atoms with van der Waals surface area (Å²) in [7, 11) is -3.25. The lowest BCUT2D eigenvalue weighted by Crippen LogP contribution is -2.29. The first-order valence-electron chi connectivity index (χ1n) is 7.61. The second-order valence-corrected chi connectivity index (χ2v) is 8.37. The summed E-state index contributed by atoms with van der Waals surface area (Å²) < 4.78 is 27.2. The SMILES string of the molecule is CCCNCc1cccc(CS(=O)(=O)NC2CC2(C)C)c1. The summed E-state index contributed by atoms with van der Waals surface area (Å²) in [6.07, 6.45) is 2.02. The molecule has 5 heteroatoms. The molecule has 1 aliphatic rings. The van der Waals surface area contributed by atoms with Gasteiger partial charge in [0.15, 0.2) is 0 Å². The van der Waals surface area contributed by atoms with E-state index in [9.17, 15) is 8.42 Å². The molecule has 0 amide bonds. The zero-order valence-corrected chi connectivity index (χ0v) is 14.0. The molecule has 0 radical (unpaired) electrons. The van der Waals surface area contributed by atoms with Crippen LogP contribution in [0.2, 0.25) is 0 Å². The van der Waals surface area contributed by atoms with Crippen molar-refractivity contribution in [3.8, 4) is 0 Å². The molecule has 0 saturated heterocycles. The molecule has 0 aromatic heterocycles. The normalized spacial score (nSPS) is 20.4. The van der Waals surface area contributed by atoms with Gasteiger partial charge in [-0.15, -0.1) is 0 Å². The van der Waals surface area contributed by atoms with E-state index in [1.165, 1.54) is 0 Å². The van der Waals surface area contributed by atoms with Gasteiger partial charge in [-0.1, -0.05) is 45.0 Å². The second kappa shape index (κ2) is 6.46. The van der Waals surface area contributed by atoms with Crippen LogP contribution in [0.5, 0.6) is 0 Å². The van der Waals surface area contributed by atoms with E-state index in [2.05, 4.69) is 30.8 Å². The summed E-state index contributed by atoms with van der Waals surface area (Å²) >= 11 is 0. The van der Waals surface area contributed by atoms with Crippen molar-refractivity contribution in [2.75, 3.05) is 6.54 Å². The smallest absolute Gasteiger partial charge is 0.216 e. The average Bonchev–Trinajstić information content (AvgIpc) is 2.95. The third-order valence-corrected chi connectivity index (χ3v) is 5.30. The molecular formula is C16H26N2O2S. The van der Waals surface area contributed by atoms with Crippen LogP contribution in [-0.2, 0) is 22.3 Å². The van der Waals surface area contributed by atoms with Crippen LogP contribution in [0.4, 0.5) is 0 Å². The fourth-order valence-electron chi connectivity index (χ4n) is 2.39. The maximum Gasteiger partial charge on any atom is 0.216 e. The monoisotopic (exact) mass is 310 g/mol. The van der Waals surface area contributed by atoms with Gasteiger partial charge < -0.3 is 5.32 Å². The number of sulfonamides is 1. The van der Waals surface area contributed by atoms with Crippen molar-refractivity contribution >= 4 is 10.0 Å². The fraction of sp³-hybridized carbons (Fsp3) is 0.625. The van der Waals surface area contributed by atoms with Gasteiger partial charge >= 0.3 is 0 Å². The zero-order chi connectivity index (χ0) is 15.5. The van der Waals surface area contributed by atoms with E-state index in [-0.39, 0.29) is 17.2 Å². The Kier molecular flexibility index (Phi) is 5.07. The molecule has 1 atom stereocenters. The van der Waals surface area contributed by atoms with Crippen LogP contribution >= 0.6 is 0 Å². The molecule has 21 heavy (non-hydrogen) atoms. The summed E-state index contributed by atoms with van der Waals surface area (Å²) in [5.74, 6) is 0.0567. The molecule has 118 valence electrons. The topological polar surface area (TPSA) is 58.2 Å². The standard InChI is InChI=1S/C16H26N2O2S/c1-4-8-17-11-13-6-5-7-14(9-13)12-21(19,20)18-15-10-16(15,2)3/h5-7,9,15,17-18H,4,8,10-12H2,1-3H3. The van der Waals surface area contributed by atoms with E-state index in [0.717, 1.165) is 37.1 Å². The third-order valence-electron chi connectivity index (χ3n) is 3.94. The Morgan fingerprint density at radius 3 is 2.57 bits per heavy atom. The highest BCUT2D eigenvalue weighted by molar-refractivity contribution is 7.88. The van der Waals surface area contributed by atoms with Gasteiger partial charge in [0.05, 0.1) is 5.75 Å². The van der Waals surface area contributed by atoms with Crippen LogP contribution < -0.4 is 10.0 Å². The van der Waals surface area contributed by atoms with Crippen molar-refractivity contribution < 1.29 is 8.42 Å². The van der Waals surface area contributed by atoms with Gasteiger partial charge in [0.2, 0.25) is 10.0 Å². The summed E-state index contributed by atoms with van der Waals surface area (Å²) in [4.78, 5) is 0. The van der Waals surface area contributed by atoms with E-state index in [4.69, 9.17) is 0 Å². The molecule has 2 rings (SSSR count). The summed E-state index contributed by atoms with van der Waals surface area (Å²) in [5.41, 5.74) is 2.08. The molecule has 1 aromatic carbocycles. The van der Waals surface area contributed by atoms with Crippen LogP contribution in [0.15, 0.2) is 24.3 Å². The zero-order valence-electron chi connectivity index (χ0n) is 13.1.